The number of pyridine rings is 2. The van der Waals surface area contributed by atoms with Crippen LogP contribution in [0.15, 0.2) is 55.8 Å². The number of ether oxygens (including phenoxy) is 1. The molecule has 0 saturated heterocycles. The van der Waals surface area contributed by atoms with E-state index in [0.29, 0.717) is 17.4 Å². The monoisotopic (exact) mass is 344 g/mol. The quantitative estimate of drug-likeness (QED) is 0.664. The Bertz CT molecular complexity index is 952. The minimum Gasteiger partial charge on any atom is -0.481 e. The van der Waals surface area contributed by atoms with Crippen molar-refractivity contribution in [2.45, 2.75) is 12.8 Å². The lowest BCUT2D eigenvalue weighted by molar-refractivity contribution is 0.396. The number of hydrogen-bond donors (Lipinski definition) is 0. The van der Waals surface area contributed by atoms with Crippen molar-refractivity contribution in [1.29, 1.82) is 0 Å². The van der Waals surface area contributed by atoms with E-state index in [4.69, 9.17) is 9.72 Å². The lowest BCUT2D eigenvalue weighted by atomic mass is 10.0. The van der Waals surface area contributed by atoms with Gasteiger partial charge < -0.3 is 4.74 Å². The molecule has 0 radical (unpaired) electrons. The van der Waals surface area contributed by atoms with E-state index in [-0.39, 0.29) is 5.92 Å². The highest BCUT2D eigenvalue weighted by molar-refractivity contribution is 5.62. The Labute approximate surface area is 153 Å². The topological polar surface area (TPSA) is 60.8 Å². The van der Waals surface area contributed by atoms with Crippen molar-refractivity contribution < 1.29 is 4.74 Å². The first-order valence-corrected chi connectivity index (χ1v) is 8.26. The number of aromatic nitrogens is 4. The molecule has 0 aromatic carbocycles. The van der Waals surface area contributed by atoms with E-state index in [1.165, 1.54) is 0 Å². The molecule has 3 aromatic heterocycles. The molecule has 3 aromatic rings. The maximum Gasteiger partial charge on any atom is 0.213 e. The van der Waals surface area contributed by atoms with E-state index < -0.39 is 0 Å². The van der Waals surface area contributed by atoms with Crippen LogP contribution < -0.4 is 4.74 Å². The summed E-state index contributed by atoms with van der Waals surface area (Å²) in [6, 6.07) is 11.5. The van der Waals surface area contributed by atoms with E-state index in [9.17, 15) is 0 Å². The van der Waals surface area contributed by atoms with Crippen LogP contribution in [0.3, 0.4) is 0 Å². The van der Waals surface area contributed by atoms with Crippen LogP contribution in [0.25, 0.3) is 23.7 Å². The average Bonchev–Trinajstić information content (AvgIpc) is 2.72. The maximum atomic E-state index is 5.21. The lowest BCUT2D eigenvalue weighted by Crippen LogP contribution is -2.04. The van der Waals surface area contributed by atoms with Gasteiger partial charge in [0.05, 0.1) is 18.5 Å². The number of nitrogens with zero attached hydrogens (tertiary/aromatic N) is 4. The van der Waals surface area contributed by atoms with Gasteiger partial charge >= 0.3 is 0 Å². The third-order valence-corrected chi connectivity index (χ3v) is 4.10. The van der Waals surface area contributed by atoms with Crippen LogP contribution in [0.2, 0.25) is 0 Å². The second kappa shape index (κ2) is 7.70. The molecule has 0 spiro atoms. The average molecular weight is 344 g/mol. The fourth-order valence-electron chi connectivity index (χ4n) is 2.60. The van der Waals surface area contributed by atoms with E-state index in [1.807, 2.05) is 36.4 Å². The molecule has 0 aliphatic rings. The van der Waals surface area contributed by atoms with Crippen molar-refractivity contribution in [2.75, 3.05) is 7.11 Å². The van der Waals surface area contributed by atoms with Crippen molar-refractivity contribution >= 4 is 12.2 Å². The second-order valence-electron chi connectivity index (χ2n) is 5.72. The fourth-order valence-corrected chi connectivity index (χ4v) is 2.60. The SMILES string of the molecule is C=Cc1cnc(-c2cccc(C(C)c3cccc(OC)n3)n2)nc1C=C. The van der Waals surface area contributed by atoms with Crippen LogP contribution in [0.4, 0.5) is 0 Å². The molecule has 0 bridgehead atoms. The van der Waals surface area contributed by atoms with Crippen molar-refractivity contribution in [3.8, 4) is 17.4 Å². The van der Waals surface area contributed by atoms with Gasteiger partial charge in [0.1, 0.15) is 5.69 Å². The summed E-state index contributed by atoms with van der Waals surface area (Å²) < 4.78 is 5.21. The van der Waals surface area contributed by atoms with Crippen molar-refractivity contribution in [3.05, 3.63) is 78.4 Å². The van der Waals surface area contributed by atoms with Gasteiger partial charge in [0.2, 0.25) is 5.88 Å². The third-order valence-electron chi connectivity index (χ3n) is 4.10. The normalized spacial score (nSPS) is 11.6. The Kier molecular flexibility index (Phi) is 5.17. The Morgan fingerprint density at radius 2 is 1.69 bits per heavy atom. The molecule has 130 valence electrons. The van der Waals surface area contributed by atoms with Crippen LogP contribution in [0.5, 0.6) is 5.88 Å². The van der Waals surface area contributed by atoms with E-state index in [1.54, 1.807) is 25.5 Å². The molecule has 0 amide bonds. The smallest absolute Gasteiger partial charge is 0.213 e. The van der Waals surface area contributed by atoms with Crippen molar-refractivity contribution in [3.63, 3.8) is 0 Å². The molecule has 5 nitrogen and oxygen atoms in total. The summed E-state index contributed by atoms with van der Waals surface area (Å²) in [4.78, 5) is 18.2. The Morgan fingerprint density at radius 3 is 2.38 bits per heavy atom. The van der Waals surface area contributed by atoms with E-state index >= 15 is 0 Å². The first-order valence-electron chi connectivity index (χ1n) is 8.26. The van der Waals surface area contributed by atoms with Crippen molar-refractivity contribution in [1.82, 2.24) is 19.9 Å². The van der Waals surface area contributed by atoms with Crippen LogP contribution in [0, 0.1) is 0 Å². The predicted molar refractivity (Wildman–Crippen MR) is 104 cm³/mol. The molecule has 3 heterocycles. The number of rotatable bonds is 6. The molecule has 0 aliphatic carbocycles. The minimum absolute atomic E-state index is 0.0105. The van der Waals surface area contributed by atoms with Gasteiger partial charge in [0.15, 0.2) is 5.82 Å². The predicted octanol–water partition coefficient (Wildman–Crippen LogP) is 4.38. The minimum atomic E-state index is 0.0105. The van der Waals surface area contributed by atoms with Crippen LogP contribution >= 0.6 is 0 Å². The zero-order valence-electron chi connectivity index (χ0n) is 14.9. The van der Waals surface area contributed by atoms with Crippen LogP contribution in [-0.4, -0.2) is 27.0 Å². The van der Waals surface area contributed by atoms with Gasteiger partial charge in [-0.05, 0) is 24.3 Å². The Balaban J connectivity index is 1.97. The lowest BCUT2D eigenvalue weighted by Gasteiger charge is -2.12. The third kappa shape index (κ3) is 3.52. The molecular formula is C21H20N4O. The maximum absolute atomic E-state index is 5.21. The van der Waals surface area contributed by atoms with Crippen LogP contribution in [-0.2, 0) is 0 Å². The van der Waals surface area contributed by atoms with Crippen molar-refractivity contribution in [2.24, 2.45) is 0 Å². The summed E-state index contributed by atoms with van der Waals surface area (Å²) in [5.74, 6) is 1.15. The molecule has 1 atom stereocenters. The van der Waals surface area contributed by atoms with Crippen LogP contribution in [0.1, 0.15) is 35.5 Å². The van der Waals surface area contributed by atoms with E-state index in [0.717, 1.165) is 22.6 Å². The van der Waals surface area contributed by atoms with Gasteiger partial charge in [0.25, 0.3) is 0 Å². The molecular weight excluding hydrogens is 324 g/mol. The zero-order valence-corrected chi connectivity index (χ0v) is 14.9. The zero-order chi connectivity index (χ0) is 18.5. The highest BCUT2D eigenvalue weighted by Gasteiger charge is 2.14. The standard InChI is InChI=1S/C21H20N4O/c1-5-15-13-22-21(25-16(15)6-2)19-11-7-9-17(23-19)14(3)18-10-8-12-20(24-18)26-4/h5-14H,1-2H2,3-4H3. The van der Waals surface area contributed by atoms with Gasteiger partial charge in [0, 0.05) is 29.4 Å². The first kappa shape index (κ1) is 17.5. The summed E-state index contributed by atoms with van der Waals surface area (Å²) >= 11 is 0. The molecule has 0 aliphatic heterocycles. The fraction of sp³-hybridized carbons (Fsp3) is 0.143. The van der Waals surface area contributed by atoms with E-state index in [2.05, 4.69) is 35.0 Å². The summed E-state index contributed by atoms with van der Waals surface area (Å²) in [6.45, 7) is 9.62. The highest BCUT2D eigenvalue weighted by atomic mass is 16.5. The molecule has 1 unspecified atom stereocenters. The van der Waals surface area contributed by atoms with Gasteiger partial charge in [-0.3, -0.25) is 0 Å². The Morgan fingerprint density at radius 1 is 0.962 bits per heavy atom. The number of methoxy groups -OCH3 is 1. The summed E-state index contributed by atoms with van der Waals surface area (Å²) in [5, 5.41) is 0. The summed E-state index contributed by atoms with van der Waals surface area (Å²) in [6.07, 6.45) is 5.13. The molecule has 0 saturated carbocycles. The van der Waals surface area contributed by atoms with Gasteiger partial charge in [-0.2, -0.15) is 0 Å². The summed E-state index contributed by atoms with van der Waals surface area (Å²) in [7, 11) is 1.61. The van der Waals surface area contributed by atoms with Gasteiger partial charge in [-0.1, -0.05) is 38.3 Å². The molecule has 0 fully saturated rings. The largest absolute Gasteiger partial charge is 0.481 e. The second-order valence-corrected chi connectivity index (χ2v) is 5.72. The highest BCUT2D eigenvalue weighted by Crippen LogP contribution is 2.25. The molecule has 0 N–H and O–H groups in total. The molecule has 5 heteroatoms. The molecule has 3 rings (SSSR count). The number of hydrogen-bond acceptors (Lipinski definition) is 5. The summed E-state index contributed by atoms with van der Waals surface area (Å²) in [5.41, 5.74) is 4.06. The molecule has 26 heavy (non-hydrogen) atoms. The van der Waals surface area contributed by atoms with Gasteiger partial charge in [-0.15, -0.1) is 0 Å². The first-order chi connectivity index (χ1) is 12.7. The van der Waals surface area contributed by atoms with Gasteiger partial charge in [-0.25, -0.2) is 19.9 Å². The Hall–Kier alpha value is -3.34.